The molecule has 0 aliphatic carbocycles. The van der Waals surface area contributed by atoms with Crippen molar-refractivity contribution >= 4 is 23.5 Å². The molecule has 1 N–H and O–H groups in total. The highest BCUT2D eigenvalue weighted by molar-refractivity contribution is 7.11. The van der Waals surface area contributed by atoms with E-state index in [1.165, 1.54) is 31.6 Å². The van der Waals surface area contributed by atoms with E-state index in [0.717, 1.165) is 9.56 Å². The normalized spacial score (nSPS) is 10.6. The van der Waals surface area contributed by atoms with E-state index < -0.39 is 11.5 Å². The molecule has 0 unspecified atom stereocenters. The third-order valence-corrected chi connectivity index (χ3v) is 4.69. The number of hydrogen-bond acceptors (Lipinski definition) is 7. The zero-order valence-corrected chi connectivity index (χ0v) is 15.9. The van der Waals surface area contributed by atoms with Crippen molar-refractivity contribution in [1.29, 1.82) is 5.26 Å². The number of carbonyl (C=O) groups excluding carboxylic acids is 1. The highest BCUT2D eigenvalue weighted by Crippen LogP contribution is 2.15. The highest BCUT2D eigenvalue weighted by atomic mass is 32.1. The summed E-state index contributed by atoms with van der Waals surface area (Å²) in [5, 5.41) is 19.3. The molecule has 0 fully saturated rings. The largest absolute Gasteiger partial charge is 0.497 e. The van der Waals surface area contributed by atoms with Crippen LogP contribution in [-0.2, 0) is 0 Å². The van der Waals surface area contributed by atoms with E-state index in [2.05, 4.69) is 15.6 Å². The number of nitriles is 1. The Hall–Kier alpha value is -3.77. The van der Waals surface area contributed by atoms with Gasteiger partial charge in [-0.15, -0.1) is 11.3 Å². The summed E-state index contributed by atoms with van der Waals surface area (Å²) in [6.45, 7) is 1.50. The molecule has 1 amide bonds. The van der Waals surface area contributed by atoms with Crippen molar-refractivity contribution in [3.05, 3.63) is 73.8 Å². The Morgan fingerprint density at radius 2 is 2.11 bits per heavy atom. The number of nitrogens with zero attached hydrogens (tertiary/aromatic N) is 4. The number of methoxy groups -OCH3 is 1. The SMILES string of the molecule is COc1ccc(-n2nc(C(=O)N/N=C\c3cccs3)c(C)c(C#N)c2=O)cc1. The molecular weight excluding hydrogens is 378 g/mol. The third-order valence-electron chi connectivity index (χ3n) is 3.88. The van der Waals surface area contributed by atoms with Gasteiger partial charge in [-0.25, -0.2) is 5.43 Å². The lowest BCUT2D eigenvalue weighted by Crippen LogP contribution is -2.31. The summed E-state index contributed by atoms with van der Waals surface area (Å²) >= 11 is 1.47. The zero-order valence-electron chi connectivity index (χ0n) is 15.0. The quantitative estimate of drug-likeness (QED) is 0.528. The molecule has 28 heavy (non-hydrogen) atoms. The average molecular weight is 393 g/mol. The number of hydrogen-bond donors (Lipinski definition) is 1. The molecule has 0 spiro atoms. The van der Waals surface area contributed by atoms with Gasteiger partial charge in [-0.05, 0) is 42.6 Å². The number of hydrazone groups is 1. The first kappa shape index (κ1) is 19.0. The molecule has 3 rings (SSSR count). The van der Waals surface area contributed by atoms with Crippen LogP contribution >= 0.6 is 11.3 Å². The smallest absolute Gasteiger partial charge is 0.292 e. The van der Waals surface area contributed by atoms with Crippen molar-refractivity contribution in [2.45, 2.75) is 6.92 Å². The van der Waals surface area contributed by atoms with Crippen molar-refractivity contribution in [3.63, 3.8) is 0 Å². The van der Waals surface area contributed by atoms with Gasteiger partial charge >= 0.3 is 0 Å². The molecule has 140 valence electrons. The molecule has 3 aromatic rings. The summed E-state index contributed by atoms with van der Waals surface area (Å²) < 4.78 is 6.11. The summed E-state index contributed by atoms with van der Waals surface area (Å²) in [5.74, 6) is -0.0191. The molecule has 0 aliphatic heterocycles. The number of ether oxygens (including phenoxy) is 1. The molecule has 2 heterocycles. The molecule has 0 aliphatic rings. The van der Waals surface area contributed by atoms with E-state index in [1.54, 1.807) is 24.3 Å². The Morgan fingerprint density at radius 3 is 2.71 bits per heavy atom. The predicted molar refractivity (Wildman–Crippen MR) is 105 cm³/mol. The standard InChI is InChI=1S/C19H15N5O3S/c1-12-16(10-20)19(26)24(13-5-7-14(27-2)8-6-13)23-17(12)18(25)22-21-11-15-4-3-9-28-15/h3-9,11H,1-2H3,(H,22,25)/b21-11-. The number of nitrogens with one attached hydrogen (secondary N) is 1. The Kier molecular flexibility index (Phi) is 5.62. The van der Waals surface area contributed by atoms with Gasteiger partial charge in [0.2, 0.25) is 0 Å². The maximum atomic E-state index is 12.6. The first-order valence-electron chi connectivity index (χ1n) is 8.10. The highest BCUT2D eigenvalue weighted by Gasteiger charge is 2.20. The van der Waals surface area contributed by atoms with Crippen molar-refractivity contribution in [2.75, 3.05) is 7.11 Å². The van der Waals surface area contributed by atoms with Crippen LogP contribution in [-0.4, -0.2) is 29.0 Å². The van der Waals surface area contributed by atoms with Crippen molar-refractivity contribution in [3.8, 4) is 17.5 Å². The topological polar surface area (TPSA) is 109 Å². The fraction of sp³-hybridized carbons (Fsp3) is 0.105. The van der Waals surface area contributed by atoms with Gasteiger partial charge in [-0.3, -0.25) is 9.59 Å². The maximum Gasteiger partial charge on any atom is 0.292 e. The van der Waals surface area contributed by atoms with E-state index in [4.69, 9.17) is 4.74 Å². The van der Waals surface area contributed by atoms with Crippen LogP contribution in [0.2, 0.25) is 0 Å². The fourth-order valence-electron chi connectivity index (χ4n) is 2.42. The minimum atomic E-state index is -0.621. The van der Waals surface area contributed by atoms with Crippen LogP contribution in [0, 0.1) is 18.3 Å². The number of thiophene rings is 1. The summed E-state index contributed by atoms with van der Waals surface area (Å²) in [7, 11) is 1.53. The first-order valence-corrected chi connectivity index (χ1v) is 8.98. The average Bonchev–Trinajstić information content (AvgIpc) is 3.22. The summed E-state index contributed by atoms with van der Waals surface area (Å²) in [6, 6.07) is 12.1. The lowest BCUT2D eigenvalue weighted by atomic mass is 10.1. The second-order valence-electron chi connectivity index (χ2n) is 5.59. The molecule has 0 radical (unpaired) electrons. The van der Waals surface area contributed by atoms with Crippen molar-refractivity contribution in [2.24, 2.45) is 5.10 Å². The van der Waals surface area contributed by atoms with Crippen LogP contribution in [0.1, 0.15) is 26.5 Å². The van der Waals surface area contributed by atoms with Crippen LogP contribution in [0.25, 0.3) is 5.69 Å². The third kappa shape index (κ3) is 3.82. The molecule has 9 heteroatoms. The fourth-order valence-corrected chi connectivity index (χ4v) is 3.01. The van der Waals surface area contributed by atoms with E-state index in [0.29, 0.717) is 11.4 Å². The van der Waals surface area contributed by atoms with Crippen molar-refractivity contribution < 1.29 is 9.53 Å². The Balaban J connectivity index is 1.99. The zero-order chi connectivity index (χ0) is 20.1. The maximum absolute atomic E-state index is 12.6. The predicted octanol–water partition coefficient (Wildman–Crippen LogP) is 2.25. The minimum Gasteiger partial charge on any atom is -0.497 e. The lowest BCUT2D eigenvalue weighted by Gasteiger charge is -2.11. The second-order valence-corrected chi connectivity index (χ2v) is 6.57. The van der Waals surface area contributed by atoms with E-state index >= 15 is 0 Å². The summed E-state index contributed by atoms with van der Waals surface area (Å²) in [5.41, 5.74) is 2.15. The Morgan fingerprint density at radius 1 is 1.36 bits per heavy atom. The van der Waals surface area contributed by atoms with Gasteiger partial charge in [0.1, 0.15) is 17.4 Å². The monoisotopic (exact) mass is 393 g/mol. The number of rotatable bonds is 5. The first-order chi connectivity index (χ1) is 13.5. The van der Waals surface area contributed by atoms with Gasteiger partial charge in [0, 0.05) is 10.4 Å². The van der Waals surface area contributed by atoms with E-state index in [9.17, 15) is 14.9 Å². The second kappa shape index (κ2) is 8.28. The van der Waals surface area contributed by atoms with Crippen LogP contribution in [0.4, 0.5) is 0 Å². The van der Waals surface area contributed by atoms with Crippen LogP contribution in [0.15, 0.2) is 51.7 Å². The van der Waals surface area contributed by atoms with Gasteiger partial charge < -0.3 is 4.74 Å². The van der Waals surface area contributed by atoms with Crippen LogP contribution < -0.4 is 15.7 Å². The number of benzene rings is 1. The van der Waals surface area contributed by atoms with Crippen LogP contribution in [0.5, 0.6) is 5.75 Å². The molecule has 0 bridgehead atoms. The van der Waals surface area contributed by atoms with Crippen molar-refractivity contribution in [1.82, 2.24) is 15.2 Å². The lowest BCUT2D eigenvalue weighted by molar-refractivity contribution is 0.0947. The summed E-state index contributed by atoms with van der Waals surface area (Å²) in [6.07, 6.45) is 1.50. The summed E-state index contributed by atoms with van der Waals surface area (Å²) in [4.78, 5) is 26.0. The van der Waals surface area contributed by atoms with E-state index in [-0.39, 0.29) is 16.8 Å². The molecule has 8 nitrogen and oxygen atoms in total. The Bertz CT molecular complexity index is 1130. The van der Waals surface area contributed by atoms with Gasteiger partial charge in [0.15, 0.2) is 5.69 Å². The molecular formula is C19H15N5O3S. The molecule has 2 aromatic heterocycles. The van der Waals surface area contributed by atoms with Gasteiger partial charge in [-0.1, -0.05) is 6.07 Å². The van der Waals surface area contributed by atoms with Gasteiger partial charge in [-0.2, -0.15) is 20.1 Å². The van der Waals surface area contributed by atoms with E-state index in [1.807, 2.05) is 23.6 Å². The molecule has 0 atom stereocenters. The molecule has 1 aromatic carbocycles. The number of aromatic nitrogens is 2. The van der Waals surface area contributed by atoms with Crippen LogP contribution in [0.3, 0.4) is 0 Å². The number of carbonyl (C=O) groups is 1. The van der Waals surface area contributed by atoms with Gasteiger partial charge in [0.25, 0.3) is 11.5 Å². The Labute approximate surface area is 164 Å². The van der Waals surface area contributed by atoms with Gasteiger partial charge in [0.05, 0.1) is 19.0 Å². The molecule has 0 saturated heterocycles. The minimum absolute atomic E-state index is 0.0599. The molecule has 0 saturated carbocycles. The number of amides is 1.